The fourth-order valence-electron chi connectivity index (χ4n) is 1.88. The first-order valence-corrected chi connectivity index (χ1v) is 8.80. The van der Waals surface area contributed by atoms with Gasteiger partial charge in [-0.3, -0.25) is 14.4 Å². The van der Waals surface area contributed by atoms with Crippen molar-refractivity contribution < 1.29 is 14.3 Å². The summed E-state index contributed by atoms with van der Waals surface area (Å²) in [6.07, 6.45) is 0.272. The lowest BCUT2D eigenvalue weighted by Gasteiger charge is -2.04. The van der Waals surface area contributed by atoms with E-state index in [4.69, 9.17) is 4.74 Å². The lowest BCUT2D eigenvalue weighted by molar-refractivity contribution is -0.142. The third-order valence-electron chi connectivity index (χ3n) is 2.97. The van der Waals surface area contributed by atoms with Crippen LogP contribution in [0.15, 0.2) is 15.6 Å². The van der Waals surface area contributed by atoms with Crippen LogP contribution in [0.3, 0.4) is 0 Å². The Kier molecular flexibility index (Phi) is 6.05. The van der Waals surface area contributed by atoms with E-state index in [1.165, 1.54) is 11.3 Å². The van der Waals surface area contributed by atoms with Crippen LogP contribution in [0, 0.1) is 6.92 Å². The number of carbonyl (C=O) groups excluding carboxylic acids is 2. The number of nitrogens with zero attached hydrogens (tertiary/aromatic N) is 2. The van der Waals surface area contributed by atoms with Gasteiger partial charge in [-0.15, -0.1) is 11.3 Å². The molecule has 1 N–H and O–H groups in total. The lowest BCUT2D eigenvalue weighted by Crippen LogP contribution is -2.20. The highest BCUT2D eigenvalue weighted by atomic mass is 32.1. The summed E-state index contributed by atoms with van der Waals surface area (Å²) in [6, 6.07) is 0. The summed E-state index contributed by atoms with van der Waals surface area (Å²) in [6.45, 7) is 4.23. The quantitative estimate of drug-likeness (QED) is 0.765. The zero-order valence-corrected chi connectivity index (χ0v) is 14.5. The van der Waals surface area contributed by atoms with Gasteiger partial charge < -0.3 is 14.6 Å². The van der Waals surface area contributed by atoms with Gasteiger partial charge in [0.1, 0.15) is 0 Å². The number of carbonyl (C=O) groups is 2. The molecule has 124 valence electrons. The monoisotopic (exact) mass is 355 g/mol. The maximum atomic E-state index is 11.9. The predicted molar refractivity (Wildman–Crippen MR) is 89.0 cm³/mol. The summed E-state index contributed by atoms with van der Waals surface area (Å²) in [5.41, 5.74) is 1.41. The van der Waals surface area contributed by atoms with Crippen molar-refractivity contribution in [3.8, 4) is 0 Å². The number of aryl methyl sites for hydroxylation is 1. The number of hydrogen-bond acceptors (Lipinski definition) is 7. The molecule has 2 rings (SSSR count). The van der Waals surface area contributed by atoms with Crippen LogP contribution in [0.5, 0.6) is 0 Å². The highest BCUT2D eigenvalue weighted by Gasteiger charge is 2.11. The predicted octanol–water partition coefficient (Wildman–Crippen LogP) is 1.81. The average molecular weight is 355 g/mol. The number of anilines is 1. The Balaban J connectivity index is 1.85. The molecule has 2 aromatic rings. The van der Waals surface area contributed by atoms with Gasteiger partial charge in [0.05, 0.1) is 18.7 Å². The van der Waals surface area contributed by atoms with E-state index in [0.717, 1.165) is 17.0 Å². The van der Waals surface area contributed by atoms with E-state index in [-0.39, 0.29) is 29.6 Å². The molecule has 0 aliphatic rings. The van der Waals surface area contributed by atoms with Gasteiger partial charge in [-0.05, 0) is 13.8 Å². The minimum Gasteiger partial charge on any atom is -0.466 e. The number of esters is 1. The smallest absolute Gasteiger partial charge is 0.311 e. The molecule has 0 radical (unpaired) electrons. The molecule has 0 atom stereocenters. The van der Waals surface area contributed by atoms with Crippen LogP contribution in [-0.2, 0) is 27.3 Å². The molecule has 2 heterocycles. The highest BCUT2D eigenvalue weighted by Crippen LogP contribution is 2.16. The lowest BCUT2D eigenvalue weighted by atomic mass is 10.3. The van der Waals surface area contributed by atoms with Gasteiger partial charge in [0.2, 0.25) is 5.91 Å². The molecule has 0 unspecified atom stereocenters. The zero-order valence-electron chi connectivity index (χ0n) is 12.8. The number of ether oxygens (including phenoxy) is 1. The maximum Gasteiger partial charge on any atom is 0.311 e. The highest BCUT2D eigenvalue weighted by molar-refractivity contribution is 7.13. The molecular formula is C14H17N3O4S2. The van der Waals surface area contributed by atoms with E-state index in [1.54, 1.807) is 22.3 Å². The van der Waals surface area contributed by atoms with Gasteiger partial charge in [0.15, 0.2) is 5.13 Å². The molecule has 0 aromatic carbocycles. The van der Waals surface area contributed by atoms with Gasteiger partial charge in [-0.2, -0.15) is 0 Å². The number of nitrogens with one attached hydrogen (secondary N) is 1. The number of hydrogen-bond donors (Lipinski definition) is 1. The number of thiazole rings is 2. The Morgan fingerprint density at radius 1 is 1.35 bits per heavy atom. The SMILES string of the molecule is CCOC(=O)Cc1csc(NC(=O)CCn2c(C)csc2=O)n1. The van der Waals surface area contributed by atoms with Crippen molar-refractivity contribution in [1.29, 1.82) is 0 Å². The average Bonchev–Trinajstić information content (AvgIpc) is 3.04. The first-order chi connectivity index (χ1) is 11.0. The van der Waals surface area contributed by atoms with Crippen LogP contribution >= 0.6 is 22.7 Å². The Labute approximate surface area is 140 Å². The topological polar surface area (TPSA) is 90.3 Å². The van der Waals surface area contributed by atoms with Crippen LogP contribution in [-0.4, -0.2) is 28.0 Å². The van der Waals surface area contributed by atoms with Gasteiger partial charge in [0, 0.05) is 29.4 Å². The zero-order chi connectivity index (χ0) is 16.8. The minimum absolute atomic E-state index is 0.0683. The van der Waals surface area contributed by atoms with E-state index >= 15 is 0 Å². The largest absolute Gasteiger partial charge is 0.466 e. The Morgan fingerprint density at radius 2 is 2.13 bits per heavy atom. The van der Waals surface area contributed by atoms with Crippen LogP contribution in [0.2, 0.25) is 0 Å². The first kappa shape index (κ1) is 17.4. The summed E-state index contributed by atoms with van der Waals surface area (Å²) < 4.78 is 6.41. The number of aromatic nitrogens is 2. The second kappa shape index (κ2) is 8.02. The summed E-state index contributed by atoms with van der Waals surface area (Å²) in [4.78, 5) is 39.0. The van der Waals surface area contributed by atoms with Gasteiger partial charge in [0.25, 0.3) is 0 Å². The molecule has 0 bridgehead atoms. The molecule has 0 fully saturated rings. The Morgan fingerprint density at radius 3 is 2.78 bits per heavy atom. The van der Waals surface area contributed by atoms with Crippen molar-refractivity contribution in [3.63, 3.8) is 0 Å². The van der Waals surface area contributed by atoms with Crippen molar-refractivity contribution in [2.75, 3.05) is 11.9 Å². The molecule has 1 amide bonds. The first-order valence-electron chi connectivity index (χ1n) is 7.04. The fraction of sp³-hybridized carbons (Fsp3) is 0.429. The van der Waals surface area contributed by atoms with E-state index < -0.39 is 0 Å². The fourth-order valence-corrected chi connectivity index (χ4v) is 3.36. The molecule has 7 nitrogen and oxygen atoms in total. The standard InChI is InChI=1S/C14H17N3O4S2/c1-3-21-12(19)6-10-8-22-13(15-10)16-11(18)4-5-17-9(2)7-23-14(17)20/h7-8H,3-6H2,1-2H3,(H,15,16,18). The summed E-state index contributed by atoms with van der Waals surface area (Å²) in [5, 5.41) is 6.58. The number of rotatable bonds is 7. The van der Waals surface area contributed by atoms with E-state index in [2.05, 4.69) is 10.3 Å². The summed E-state index contributed by atoms with van der Waals surface area (Å²) in [5.74, 6) is -0.567. The van der Waals surface area contributed by atoms with E-state index in [1.807, 2.05) is 6.92 Å². The molecule has 0 spiro atoms. The molecule has 2 aromatic heterocycles. The van der Waals surface area contributed by atoms with Crippen molar-refractivity contribution in [1.82, 2.24) is 9.55 Å². The third-order valence-corrected chi connectivity index (χ3v) is 4.66. The second-order valence-electron chi connectivity index (χ2n) is 4.72. The van der Waals surface area contributed by atoms with Crippen molar-refractivity contribution in [2.24, 2.45) is 0 Å². The minimum atomic E-state index is -0.344. The van der Waals surface area contributed by atoms with Gasteiger partial charge in [-0.1, -0.05) is 11.3 Å². The maximum absolute atomic E-state index is 11.9. The molecule has 23 heavy (non-hydrogen) atoms. The van der Waals surface area contributed by atoms with E-state index in [0.29, 0.717) is 24.0 Å². The van der Waals surface area contributed by atoms with Crippen LogP contribution < -0.4 is 10.2 Å². The van der Waals surface area contributed by atoms with Crippen molar-refractivity contribution in [3.05, 3.63) is 31.8 Å². The van der Waals surface area contributed by atoms with Crippen LogP contribution in [0.1, 0.15) is 24.7 Å². The molecular weight excluding hydrogens is 338 g/mol. The second-order valence-corrected chi connectivity index (χ2v) is 6.40. The van der Waals surface area contributed by atoms with E-state index in [9.17, 15) is 14.4 Å². The Bertz CT molecular complexity index is 747. The summed E-state index contributed by atoms with van der Waals surface area (Å²) in [7, 11) is 0. The molecule has 9 heteroatoms. The van der Waals surface area contributed by atoms with Crippen LogP contribution in [0.25, 0.3) is 0 Å². The molecule has 0 saturated carbocycles. The normalized spacial score (nSPS) is 10.5. The number of amides is 1. The molecule has 0 aliphatic heterocycles. The van der Waals surface area contributed by atoms with Gasteiger partial charge >= 0.3 is 10.8 Å². The van der Waals surface area contributed by atoms with Gasteiger partial charge in [-0.25, -0.2) is 4.98 Å². The van der Waals surface area contributed by atoms with Crippen LogP contribution in [0.4, 0.5) is 5.13 Å². The Hall–Kier alpha value is -2.00. The van der Waals surface area contributed by atoms with Crippen molar-refractivity contribution in [2.45, 2.75) is 33.2 Å². The van der Waals surface area contributed by atoms with Crippen molar-refractivity contribution >= 4 is 39.7 Å². The molecule has 0 aliphatic carbocycles. The third kappa shape index (κ3) is 5.00. The summed E-state index contributed by atoms with van der Waals surface area (Å²) >= 11 is 2.37. The molecule has 0 saturated heterocycles.